The number of anilines is 1. The summed E-state index contributed by atoms with van der Waals surface area (Å²) in [6.45, 7) is 3.26. The summed E-state index contributed by atoms with van der Waals surface area (Å²) in [6, 6.07) is 7.65. The molecule has 1 amide bonds. The van der Waals surface area contributed by atoms with Crippen molar-refractivity contribution in [3.63, 3.8) is 0 Å². The van der Waals surface area contributed by atoms with E-state index in [0.29, 0.717) is 37.7 Å². The number of amides is 1. The fraction of sp³-hybridized carbons (Fsp3) is 0.130. The summed E-state index contributed by atoms with van der Waals surface area (Å²) < 4.78 is 20.2. The molecule has 4 aromatic heterocycles. The Morgan fingerprint density at radius 3 is 2.79 bits per heavy atom. The second-order valence-corrected chi connectivity index (χ2v) is 8.58. The minimum atomic E-state index is -0.469. The number of aryl methyl sites for hydroxylation is 2. The Bertz CT molecular complexity index is 1590. The topological polar surface area (TPSA) is 116 Å². The first-order chi connectivity index (χ1) is 16.4. The molecule has 5 aromatic rings. The highest BCUT2D eigenvalue weighted by molar-refractivity contribution is 7.22. The fourth-order valence-electron chi connectivity index (χ4n) is 3.48. The smallest absolute Gasteiger partial charge is 0.268 e. The highest BCUT2D eigenvalue weighted by Gasteiger charge is 2.21. The third-order valence-electron chi connectivity index (χ3n) is 5.26. The molecule has 1 aromatic carbocycles. The van der Waals surface area contributed by atoms with E-state index in [4.69, 9.17) is 4.52 Å². The van der Waals surface area contributed by atoms with Gasteiger partial charge in [0.05, 0.1) is 16.6 Å². The Kier molecular flexibility index (Phi) is 5.46. The molecule has 0 bridgehead atoms. The summed E-state index contributed by atoms with van der Waals surface area (Å²) in [5.74, 6) is -0.249. The van der Waals surface area contributed by atoms with Gasteiger partial charge in [-0.1, -0.05) is 11.2 Å². The number of carbonyl (C=O) groups excluding carboxylic acids is 1. The van der Waals surface area contributed by atoms with Gasteiger partial charge in [-0.3, -0.25) is 19.1 Å². The summed E-state index contributed by atoms with van der Waals surface area (Å²) in [4.78, 5) is 39.6. The Balaban J connectivity index is 1.44. The van der Waals surface area contributed by atoms with Crippen LogP contribution in [0.4, 0.5) is 10.1 Å². The van der Waals surface area contributed by atoms with Crippen LogP contribution >= 0.6 is 11.3 Å². The van der Waals surface area contributed by atoms with Crippen LogP contribution in [0, 0.1) is 19.7 Å². The molecule has 0 aliphatic rings. The number of benzene rings is 1. The number of nitrogens with one attached hydrogen (secondary N) is 1. The van der Waals surface area contributed by atoms with Gasteiger partial charge in [0, 0.05) is 23.6 Å². The van der Waals surface area contributed by atoms with Gasteiger partial charge in [-0.25, -0.2) is 9.37 Å². The number of carbonyl (C=O) groups is 1. The van der Waals surface area contributed by atoms with Crippen LogP contribution in [-0.4, -0.2) is 30.6 Å². The number of thiophene rings is 1. The molecular formula is C23H17FN6O3S. The van der Waals surface area contributed by atoms with E-state index >= 15 is 0 Å². The van der Waals surface area contributed by atoms with E-state index in [9.17, 15) is 14.0 Å². The van der Waals surface area contributed by atoms with Gasteiger partial charge in [0.25, 0.3) is 11.4 Å². The molecule has 11 heteroatoms. The van der Waals surface area contributed by atoms with Crippen LogP contribution in [0.5, 0.6) is 0 Å². The van der Waals surface area contributed by atoms with Crippen LogP contribution in [0.15, 0.2) is 58.4 Å². The normalized spacial score (nSPS) is 11.1. The van der Waals surface area contributed by atoms with E-state index in [1.807, 2.05) is 0 Å². The zero-order valence-electron chi connectivity index (χ0n) is 18.1. The monoisotopic (exact) mass is 476 g/mol. The van der Waals surface area contributed by atoms with Gasteiger partial charge in [0.2, 0.25) is 11.7 Å². The standard InChI is InChI=1S/C23H17FN6O3S/c1-12-3-4-15(24)9-16(12)27-17(31)10-30-11-26-22-18(23(30)32)13(2)19(34-22)21-28-20(29-33-21)14-5-7-25-8-6-14/h3-9,11H,10H2,1-2H3,(H,27,31). The van der Waals surface area contributed by atoms with Crippen molar-refractivity contribution in [2.45, 2.75) is 20.4 Å². The number of fused-ring (bicyclic) bond motifs is 1. The molecule has 0 aliphatic heterocycles. The van der Waals surface area contributed by atoms with Crippen molar-refractivity contribution in [3.8, 4) is 22.2 Å². The second-order valence-electron chi connectivity index (χ2n) is 7.58. The van der Waals surface area contributed by atoms with Gasteiger partial charge in [-0.2, -0.15) is 4.98 Å². The molecule has 0 radical (unpaired) electrons. The van der Waals surface area contributed by atoms with Crippen molar-refractivity contribution in [2.24, 2.45) is 0 Å². The van der Waals surface area contributed by atoms with Gasteiger partial charge in [0.15, 0.2) is 0 Å². The van der Waals surface area contributed by atoms with Crippen LogP contribution in [-0.2, 0) is 11.3 Å². The number of hydrogen-bond donors (Lipinski definition) is 1. The molecular weight excluding hydrogens is 459 g/mol. The SMILES string of the molecule is Cc1ccc(F)cc1NC(=O)Cn1cnc2sc(-c3nc(-c4ccncc4)no3)c(C)c2c1=O. The average molecular weight is 476 g/mol. The predicted octanol–water partition coefficient (Wildman–Crippen LogP) is 3.96. The maximum Gasteiger partial charge on any atom is 0.268 e. The maximum atomic E-state index is 13.5. The molecule has 9 nitrogen and oxygen atoms in total. The lowest BCUT2D eigenvalue weighted by molar-refractivity contribution is -0.116. The van der Waals surface area contributed by atoms with E-state index in [0.717, 1.165) is 5.56 Å². The van der Waals surface area contributed by atoms with E-state index < -0.39 is 11.7 Å². The molecule has 0 unspecified atom stereocenters. The van der Waals surface area contributed by atoms with Gasteiger partial charge in [-0.05, 0) is 49.2 Å². The molecule has 5 rings (SSSR count). The lowest BCUT2D eigenvalue weighted by Crippen LogP contribution is -2.28. The minimum absolute atomic E-state index is 0.269. The van der Waals surface area contributed by atoms with E-state index in [1.54, 1.807) is 44.4 Å². The summed E-state index contributed by atoms with van der Waals surface area (Å²) >= 11 is 1.26. The van der Waals surface area contributed by atoms with E-state index in [2.05, 4.69) is 25.4 Å². The number of halogens is 1. The van der Waals surface area contributed by atoms with Crippen LogP contribution < -0.4 is 10.9 Å². The molecule has 0 saturated heterocycles. The molecule has 0 saturated carbocycles. The van der Waals surface area contributed by atoms with Crippen LogP contribution in [0.3, 0.4) is 0 Å². The molecule has 34 heavy (non-hydrogen) atoms. The number of aromatic nitrogens is 5. The minimum Gasteiger partial charge on any atom is -0.333 e. The quantitative estimate of drug-likeness (QED) is 0.408. The third kappa shape index (κ3) is 3.97. The van der Waals surface area contributed by atoms with E-state index in [1.165, 1.54) is 34.4 Å². The lowest BCUT2D eigenvalue weighted by Gasteiger charge is -2.09. The lowest BCUT2D eigenvalue weighted by atomic mass is 10.2. The zero-order valence-corrected chi connectivity index (χ0v) is 18.9. The summed E-state index contributed by atoms with van der Waals surface area (Å²) in [5, 5.41) is 7.03. The van der Waals surface area contributed by atoms with E-state index in [-0.39, 0.29) is 18.0 Å². The first kappa shape index (κ1) is 21.6. The number of nitrogens with zero attached hydrogens (tertiary/aromatic N) is 5. The van der Waals surface area contributed by atoms with Crippen molar-refractivity contribution >= 4 is 33.1 Å². The van der Waals surface area contributed by atoms with Gasteiger partial charge in [-0.15, -0.1) is 11.3 Å². The maximum absolute atomic E-state index is 13.5. The highest BCUT2D eigenvalue weighted by Crippen LogP contribution is 2.35. The van der Waals surface area contributed by atoms with Crippen molar-refractivity contribution in [1.29, 1.82) is 0 Å². The van der Waals surface area contributed by atoms with Crippen LogP contribution in [0.25, 0.3) is 32.4 Å². The Morgan fingerprint density at radius 2 is 2.00 bits per heavy atom. The van der Waals surface area contributed by atoms with Gasteiger partial charge >= 0.3 is 0 Å². The predicted molar refractivity (Wildman–Crippen MR) is 125 cm³/mol. The summed E-state index contributed by atoms with van der Waals surface area (Å²) in [7, 11) is 0. The molecule has 1 N–H and O–H groups in total. The first-order valence-electron chi connectivity index (χ1n) is 10.2. The molecule has 0 fully saturated rings. The zero-order chi connectivity index (χ0) is 23.8. The Morgan fingerprint density at radius 1 is 1.21 bits per heavy atom. The molecule has 170 valence electrons. The molecule has 0 atom stereocenters. The van der Waals surface area contributed by atoms with Crippen molar-refractivity contribution in [1.82, 2.24) is 24.7 Å². The van der Waals surface area contributed by atoms with Crippen LogP contribution in [0.2, 0.25) is 0 Å². The van der Waals surface area contributed by atoms with Gasteiger partial charge in [0.1, 0.15) is 17.2 Å². The van der Waals surface area contributed by atoms with Crippen molar-refractivity contribution in [2.75, 3.05) is 5.32 Å². The molecule has 0 aliphatic carbocycles. The number of rotatable bonds is 5. The Hall–Kier alpha value is -4.25. The first-order valence-corrected chi connectivity index (χ1v) is 11.0. The third-order valence-corrected chi connectivity index (χ3v) is 6.45. The fourth-order valence-corrected chi connectivity index (χ4v) is 4.54. The number of pyridine rings is 1. The Labute approximate surface area is 195 Å². The van der Waals surface area contributed by atoms with Crippen molar-refractivity contribution < 1.29 is 13.7 Å². The molecule has 0 spiro atoms. The number of hydrogen-bond acceptors (Lipinski definition) is 8. The van der Waals surface area contributed by atoms with Crippen LogP contribution in [0.1, 0.15) is 11.1 Å². The highest BCUT2D eigenvalue weighted by atomic mass is 32.1. The molecule has 4 heterocycles. The average Bonchev–Trinajstić information content (AvgIpc) is 3.44. The second kappa shape index (κ2) is 8.60. The van der Waals surface area contributed by atoms with Crippen molar-refractivity contribution in [3.05, 3.63) is 76.4 Å². The summed E-state index contributed by atoms with van der Waals surface area (Å²) in [5.41, 5.74) is 2.08. The largest absolute Gasteiger partial charge is 0.333 e. The van der Waals surface area contributed by atoms with Gasteiger partial charge < -0.3 is 9.84 Å². The summed E-state index contributed by atoms with van der Waals surface area (Å²) in [6.07, 6.45) is 4.58.